The van der Waals surface area contributed by atoms with Gasteiger partial charge in [0, 0.05) is 6.04 Å². The lowest BCUT2D eigenvalue weighted by Crippen LogP contribution is -2.55. The maximum atomic E-state index is 9.91. The van der Waals surface area contributed by atoms with Crippen molar-refractivity contribution in [3.05, 3.63) is 0 Å². The number of hydrogen-bond acceptors (Lipinski definition) is 7. The zero-order chi connectivity index (χ0) is 12.6. The van der Waals surface area contributed by atoms with Gasteiger partial charge in [-0.25, -0.2) is 0 Å². The van der Waals surface area contributed by atoms with E-state index < -0.39 is 24.4 Å². The quantitative estimate of drug-likeness (QED) is 0.504. The molecule has 1 saturated heterocycles. The molecule has 6 nitrogen and oxygen atoms in total. The number of amidine groups is 1. The maximum Gasteiger partial charge on any atom is 0.159 e. The Balaban J connectivity index is 2.06. The fourth-order valence-electron chi connectivity index (χ4n) is 1.90. The van der Waals surface area contributed by atoms with E-state index in [1.54, 1.807) is 0 Å². The topological polar surface area (TPSA) is 94.3 Å². The van der Waals surface area contributed by atoms with Crippen molar-refractivity contribution in [2.24, 2.45) is 4.99 Å². The van der Waals surface area contributed by atoms with E-state index >= 15 is 0 Å². The summed E-state index contributed by atoms with van der Waals surface area (Å²) in [6.07, 6.45) is -2.83. The monoisotopic (exact) mass is 262 g/mol. The summed E-state index contributed by atoms with van der Waals surface area (Å²) < 4.78 is 5.50. The van der Waals surface area contributed by atoms with Crippen LogP contribution in [0, 0.1) is 0 Å². The number of aliphatic hydroxyl groups excluding tert-OH is 3. The summed E-state index contributed by atoms with van der Waals surface area (Å²) in [4.78, 5) is 4.30. The molecule has 1 fully saturated rings. The smallest absolute Gasteiger partial charge is 0.159 e. The molecule has 7 heteroatoms. The molecule has 2 rings (SSSR count). The van der Waals surface area contributed by atoms with E-state index in [2.05, 4.69) is 10.3 Å². The first-order chi connectivity index (χ1) is 8.02. The molecule has 0 radical (unpaired) electrons. The third-order valence-electron chi connectivity index (χ3n) is 2.75. The Morgan fingerprint density at radius 2 is 2.12 bits per heavy atom. The normalized spacial score (nSPS) is 41.3. The zero-order valence-corrected chi connectivity index (χ0v) is 10.6. The fourth-order valence-corrected chi connectivity index (χ4v) is 3.16. The van der Waals surface area contributed by atoms with Crippen molar-refractivity contribution < 1.29 is 20.1 Å². The molecule has 2 aliphatic rings. The standard InChI is InChI=1S/C10H18N2O4S/c1-4(2)11-10-12-6-8(15)7(14)5(3-13)16-9(6)17-10/h4-9,13-15H,3H2,1-2H3,(H,11,12)/t5-,6-,7-,8-,9-/m1/s1. The van der Waals surface area contributed by atoms with Crippen molar-refractivity contribution in [1.29, 1.82) is 0 Å². The van der Waals surface area contributed by atoms with Crippen LogP contribution in [-0.2, 0) is 4.74 Å². The summed E-state index contributed by atoms with van der Waals surface area (Å²) in [5, 5.41) is 32.5. The molecule has 2 aliphatic heterocycles. The Labute approximate surface area is 104 Å². The van der Waals surface area contributed by atoms with Crippen molar-refractivity contribution in [3.63, 3.8) is 0 Å². The molecular weight excluding hydrogens is 244 g/mol. The number of ether oxygens (including phenoxy) is 1. The number of hydrogen-bond donors (Lipinski definition) is 4. The van der Waals surface area contributed by atoms with Gasteiger partial charge >= 0.3 is 0 Å². The third-order valence-corrected chi connectivity index (χ3v) is 3.82. The van der Waals surface area contributed by atoms with E-state index in [1.807, 2.05) is 13.8 Å². The van der Waals surface area contributed by atoms with Gasteiger partial charge in [0.25, 0.3) is 0 Å². The summed E-state index contributed by atoms with van der Waals surface area (Å²) in [6.45, 7) is 3.68. The van der Waals surface area contributed by atoms with Crippen LogP contribution in [0.5, 0.6) is 0 Å². The van der Waals surface area contributed by atoms with Crippen LogP contribution in [0.25, 0.3) is 0 Å². The highest BCUT2D eigenvalue weighted by atomic mass is 32.2. The van der Waals surface area contributed by atoms with Gasteiger partial charge in [0.2, 0.25) is 0 Å². The Bertz CT molecular complexity index is 313. The first kappa shape index (κ1) is 13.1. The number of thioether (sulfide) groups is 1. The predicted octanol–water partition coefficient (Wildman–Crippen LogP) is -1.11. The van der Waals surface area contributed by atoms with Crippen LogP contribution < -0.4 is 5.32 Å². The molecule has 0 bridgehead atoms. The van der Waals surface area contributed by atoms with E-state index in [4.69, 9.17) is 9.84 Å². The van der Waals surface area contributed by atoms with Gasteiger partial charge < -0.3 is 25.4 Å². The molecular formula is C10H18N2O4S. The first-order valence-corrected chi connectivity index (χ1v) is 6.54. The maximum absolute atomic E-state index is 9.91. The summed E-state index contributed by atoms with van der Waals surface area (Å²) in [5.74, 6) is 0. The molecule has 4 N–H and O–H groups in total. The summed E-state index contributed by atoms with van der Waals surface area (Å²) in [6, 6.07) is -0.226. The minimum atomic E-state index is -1.09. The number of aliphatic hydroxyl groups is 3. The van der Waals surface area contributed by atoms with Crippen molar-refractivity contribution in [2.45, 2.75) is 49.7 Å². The van der Waals surface area contributed by atoms with Crippen molar-refractivity contribution in [3.8, 4) is 0 Å². The van der Waals surface area contributed by atoms with Crippen LogP contribution in [0.15, 0.2) is 4.99 Å². The SMILES string of the molecule is CC(C)NC1=N[C@@H]2[C@@H](O)[C@H](O)[C@@H](CO)O[C@@H]2S1. The Hall–Kier alpha value is -0.340. The van der Waals surface area contributed by atoms with Crippen LogP contribution in [0.2, 0.25) is 0 Å². The van der Waals surface area contributed by atoms with E-state index in [-0.39, 0.29) is 18.1 Å². The highest BCUT2D eigenvalue weighted by Crippen LogP contribution is 2.35. The number of aliphatic imine (C=N–C) groups is 1. The Kier molecular flexibility index (Phi) is 3.94. The molecule has 0 aromatic rings. The lowest BCUT2D eigenvalue weighted by atomic mass is 9.99. The molecule has 0 spiro atoms. The molecule has 0 unspecified atom stereocenters. The van der Waals surface area contributed by atoms with Crippen LogP contribution in [-0.4, -0.2) is 62.9 Å². The molecule has 0 aromatic carbocycles. The summed E-state index contributed by atoms with van der Waals surface area (Å²) in [7, 11) is 0. The van der Waals surface area contributed by atoms with Gasteiger partial charge in [-0.3, -0.25) is 4.99 Å². The fraction of sp³-hybridized carbons (Fsp3) is 0.900. The molecule has 2 heterocycles. The van der Waals surface area contributed by atoms with Crippen LogP contribution in [0.1, 0.15) is 13.8 Å². The van der Waals surface area contributed by atoms with E-state index in [0.717, 1.165) is 0 Å². The lowest BCUT2D eigenvalue weighted by Gasteiger charge is -2.37. The second-order valence-corrected chi connectivity index (χ2v) is 5.64. The highest BCUT2D eigenvalue weighted by Gasteiger charge is 2.47. The molecule has 0 saturated carbocycles. The molecule has 17 heavy (non-hydrogen) atoms. The Morgan fingerprint density at radius 3 is 2.71 bits per heavy atom. The molecule has 0 aliphatic carbocycles. The lowest BCUT2D eigenvalue weighted by molar-refractivity contribution is -0.164. The Morgan fingerprint density at radius 1 is 1.41 bits per heavy atom. The summed E-state index contributed by atoms with van der Waals surface area (Å²) >= 11 is 1.38. The van der Waals surface area contributed by atoms with Crippen LogP contribution in [0.3, 0.4) is 0 Å². The van der Waals surface area contributed by atoms with E-state index in [0.29, 0.717) is 5.17 Å². The molecule has 0 aromatic heterocycles. The minimum absolute atomic E-state index is 0.247. The highest BCUT2D eigenvalue weighted by molar-refractivity contribution is 8.14. The average molecular weight is 262 g/mol. The second kappa shape index (κ2) is 5.11. The molecule has 5 atom stereocenters. The van der Waals surface area contributed by atoms with Gasteiger partial charge in [0.05, 0.1) is 6.61 Å². The number of nitrogens with one attached hydrogen (secondary N) is 1. The van der Waals surface area contributed by atoms with Crippen LogP contribution >= 0.6 is 11.8 Å². The molecule has 0 amide bonds. The predicted molar refractivity (Wildman–Crippen MR) is 64.8 cm³/mol. The largest absolute Gasteiger partial charge is 0.394 e. The third kappa shape index (κ3) is 2.58. The van der Waals surface area contributed by atoms with Crippen LogP contribution in [0.4, 0.5) is 0 Å². The van der Waals surface area contributed by atoms with Gasteiger partial charge in [-0.05, 0) is 13.8 Å². The zero-order valence-electron chi connectivity index (χ0n) is 9.78. The van der Waals surface area contributed by atoms with E-state index in [1.165, 1.54) is 11.8 Å². The number of rotatable bonds is 2. The van der Waals surface area contributed by atoms with Crippen molar-refractivity contribution >= 4 is 16.9 Å². The number of nitrogens with zero attached hydrogens (tertiary/aromatic N) is 1. The van der Waals surface area contributed by atoms with Crippen molar-refractivity contribution in [1.82, 2.24) is 5.32 Å². The number of fused-ring (bicyclic) bond motifs is 1. The van der Waals surface area contributed by atoms with Gasteiger partial charge in [-0.15, -0.1) is 0 Å². The minimum Gasteiger partial charge on any atom is -0.394 e. The van der Waals surface area contributed by atoms with Gasteiger partial charge in [0.15, 0.2) is 5.17 Å². The van der Waals surface area contributed by atoms with Gasteiger partial charge in [-0.2, -0.15) is 0 Å². The van der Waals surface area contributed by atoms with Gasteiger partial charge in [0.1, 0.15) is 29.8 Å². The van der Waals surface area contributed by atoms with E-state index in [9.17, 15) is 10.2 Å². The summed E-state index contributed by atoms with van der Waals surface area (Å²) in [5.41, 5.74) is -0.341. The molecule has 98 valence electrons. The second-order valence-electron chi connectivity index (χ2n) is 4.55. The van der Waals surface area contributed by atoms with Crippen molar-refractivity contribution in [2.75, 3.05) is 6.61 Å². The first-order valence-electron chi connectivity index (χ1n) is 5.66. The average Bonchev–Trinajstić information content (AvgIpc) is 2.65. The van der Waals surface area contributed by atoms with Gasteiger partial charge in [-0.1, -0.05) is 11.8 Å².